The number of Topliss-reactive ketones (excluding diaryl/α,β-unsaturated/α-hetero) is 2. The first-order valence-corrected chi connectivity index (χ1v) is 6.14. The highest BCUT2D eigenvalue weighted by atomic mass is 19.1. The molecule has 0 unspecified atom stereocenters. The highest BCUT2D eigenvalue weighted by Crippen LogP contribution is 2.12. The van der Waals surface area contributed by atoms with Crippen molar-refractivity contribution >= 4 is 11.6 Å². The van der Waals surface area contributed by atoms with Crippen LogP contribution in [-0.4, -0.2) is 11.6 Å². The lowest BCUT2D eigenvalue weighted by Crippen LogP contribution is -2.05. The summed E-state index contributed by atoms with van der Waals surface area (Å²) in [4.78, 5) is 23.6. The van der Waals surface area contributed by atoms with E-state index in [0.717, 1.165) is 12.1 Å². The average Bonchev–Trinajstić information content (AvgIpc) is 2.44. The summed E-state index contributed by atoms with van der Waals surface area (Å²) in [6, 6.07) is 10.6. The van der Waals surface area contributed by atoms with Gasteiger partial charge in [0.25, 0.3) is 0 Å². The molecular formula is C16H12F2O2. The van der Waals surface area contributed by atoms with Gasteiger partial charge in [-0.3, -0.25) is 9.59 Å². The molecule has 0 amide bonds. The highest BCUT2D eigenvalue weighted by Gasteiger charge is 2.12. The normalized spacial score (nSPS) is 10.3. The van der Waals surface area contributed by atoms with Crippen molar-refractivity contribution in [3.8, 4) is 0 Å². The van der Waals surface area contributed by atoms with Crippen molar-refractivity contribution in [1.29, 1.82) is 0 Å². The molecule has 0 radical (unpaired) electrons. The number of hydrogen-bond acceptors (Lipinski definition) is 2. The van der Waals surface area contributed by atoms with Crippen LogP contribution in [0.4, 0.5) is 8.78 Å². The van der Waals surface area contributed by atoms with Gasteiger partial charge in [0.1, 0.15) is 11.6 Å². The van der Waals surface area contributed by atoms with E-state index in [1.54, 1.807) is 0 Å². The van der Waals surface area contributed by atoms with E-state index in [4.69, 9.17) is 0 Å². The number of carbonyl (C=O) groups excluding carboxylic acids is 2. The van der Waals surface area contributed by atoms with Crippen LogP contribution in [0, 0.1) is 11.6 Å². The first kappa shape index (κ1) is 14.1. The molecule has 4 heteroatoms. The van der Waals surface area contributed by atoms with Gasteiger partial charge >= 0.3 is 0 Å². The van der Waals surface area contributed by atoms with E-state index >= 15 is 0 Å². The second kappa shape index (κ2) is 6.19. The van der Waals surface area contributed by atoms with Crippen LogP contribution < -0.4 is 0 Å². The van der Waals surface area contributed by atoms with Gasteiger partial charge in [-0.2, -0.15) is 0 Å². The Morgan fingerprint density at radius 2 is 1.15 bits per heavy atom. The Morgan fingerprint density at radius 3 is 1.50 bits per heavy atom. The third kappa shape index (κ3) is 3.57. The van der Waals surface area contributed by atoms with Crippen LogP contribution in [0.25, 0.3) is 0 Å². The summed E-state index contributed by atoms with van der Waals surface area (Å²) in [5.74, 6) is -1.61. The van der Waals surface area contributed by atoms with E-state index in [1.807, 2.05) is 0 Å². The maximum absolute atomic E-state index is 13.0. The number of ketones is 2. The van der Waals surface area contributed by atoms with Gasteiger partial charge in [0, 0.05) is 24.0 Å². The van der Waals surface area contributed by atoms with Gasteiger partial charge in [0.15, 0.2) is 11.6 Å². The minimum Gasteiger partial charge on any atom is -0.294 e. The second-order valence-electron chi connectivity index (χ2n) is 4.37. The van der Waals surface area contributed by atoms with E-state index in [1.165, 1.54) is 36.4 Å². The fourth-order valence-electron chi connectivity index (χ4n) is 1.84. The molecule has 102 valence electrons. The molecule has 0 saturated carbocycles. The predicted octanol–water partition coefficient (Wildman–Crippen LogP) is 3.81. The van der Waals surface area contributed by atoms with Crippen molar-refractivity contribution in [1.82, 2.24) is 0 Å². The quantitative estimate of drug-likeness (QED) is 0.777. The smallest absolute Gasteiger partial charge is 0.163 e. The minimum absolute atomic E-state index is 0.0290. The number of benzene rings is 2. The van der Waals surface area contributed by atoms with Gasteiger partial charge in [-0.25, -0.2) is 8.78 Å². The molecule has 0 spiro atoms. The standard InChI is InChI=1S/C16H12F2O2/c17-13-5-1-3-11(9-13)15(19)7-8-16(20)12-4-2-6-14(18)10-12/h1-6,9-10H,7-8H2. The summed E-state index contributed by atoms with van der Waals surface area (Å²) in [5.41, 5.74) is 0.467. The molecular weight excluding hydrogens is 262 g/mol. The molecule has 0 fully saturated rings. The van der Waals surface area contributed by atoms with E-state index in [2.05, 4.69) is 0 Å². The van der Waals surface area contributed by atoms with Gasteiger partial charge in [0.05, 0.1) is 0 Å². The first-order chi connectivity index (χ1) is 9.56. The molecule has 2 rings (SSSR count). The summed E-state index contributed by atoms with van der Waals surface area (Å²) >= 11 is 0. The third-order valence-corrected chi connectivity index (χ3v) is 2.87. The lowest BCUT2D eigenvalue weighted by molar-refractivity contribution is 0.0917. The fourth-order valence-corrected chi connectivity index (χ4v) is 1.84. The molecule has 20 heavy (non-hydrogen) atoms. The summed E-state index contributed by atoms with van der Waals surface area (Å²) < 4.78 is 25.9. The van der Waals surface area contributed by atoms with Gasteiger partial charge in [-0.05, 0) is 24.3 Å². The molecule has 2 aromatic rings. The van der Waals surface area contributed by atoms with E-state index in [0.29, 0.717) is 0 Å². The highest BCUT2D eigenvalue weighted by molar-refractivity contribution is 6.02. The van der Waals surface area contributed by atoms with Crippen molar-refractivity contribution in [3.05, 3.63) is 71.3 Å². The molecule has 0 aliphatic rings. The van der Waals surface area contributed by atoms with Crippen LogP contribution in [-0.2, 0) is 0 Å². The molecule has 0 aliphatic carbocycles. The zero-order valence-electron chi connectivity index (χ0n) is 10.6. The van der Waals surface area contributed by atoms with Crippen LogP contribution in [0.1, 0.15) is 33.6 Å². The number of carbonyl (C=O) groups is 2. The maximum atomic E-state index is 13.0. The Balaban J connectivity index is 1.98. The van der Waals surface area contributed by atoms with Crippen LogP contribution in [0.3, 0.4) is 0 Å². The summed E-state index contributed by atoms with van der Waals surface area (Å²) in [7, 11) is 0. The molecule has 2 nitrogen and oxygen atoms in total. The summed E-state index contributed by atoms with van der Waals surface area (Å²) in [6.45, 7) is 0. The SMILES string of the molecule is O=C(CCC(=O)c1cccc(F)c1)c1cccc(F)c1. The maximum Gasteiger partial charge on any atom is 0.163 e. The van der Waals surface area contributed by atoms with Crippen LogP contribution >= 0.6 is 0 Å². The Bertz CT molecular complexity index is 593. The van der Waals surface area contributed by atoms with Crippen molar-refractivity contribution in [2.75, 3.05) is 0 Å². The lowest BCUT2D eigenvalue weighted by atomic mass is 10.0. The van der Waals surface area contributed by atoms with Gasteiger partial charge in [-0.15, -0.1) is 0 Å². The van der Waals surface area contributed by atoms with E-state index in [-0.39, 0.29) is 35.5 Å². The molecule has 0 aliphatic heterocycles. The third-order valence-electron chi connectivity index (χ3n) is 2.87. The Morgan fingerprint density at radius 1 is 0.750 bits per heavy atom. The second-order valence-corrected chi connectivity index (χ2v) is 4.37. The summed E-state index contributed by atoms with van der Waals surface area (Å²) in [5, 5.41) is 0. The largest absolute Gasteiger partial charge is 0.294 e. The van der Waals surface area contributed by atoms with Crippen molar-refractivity contribution in [2.24, 2.45) is 0 Å². The average molecular weight is 274 g/mol. The van der Waals surface area contributed by atoms with Crippen molar-refractivity contribution < 1.29 is 18.4 Å². The molecule has 0 atom stereocenters. The molecule has 2 aromatic carbocycles. The Labute approximate surface area is 115 Å². The number of hydrogen-bond donors (Lipinski definition) is 0. The van der Waals surface area contributed by atoms with Gasteiger partial charge < -0.3 is 0 Å². The monoisotopic (exact) mass is 274 g/mol. The van der Waals surface area contributed by atoms with Crippen LogP contribution in [0.2, 0.25) is 0 Å². The van der Waals surface area contributed by atoms with Gasteiger partial charge in [0.2, 0.25) is 0 Å². The van der Waals surface area contributed by atoms with Gasteiger partial charge in [-0.1, -0.05) is 24.3 Å². The fraction of sp³-hybridized carbons (Fsp3) is 0.125. The molecule has 0 saturated heterocycles. The zero-order valence-corrected chi connectivity index (χ0v) is 10.6. The van der Waals surface area contributed by atoms with E-state index < -0.39 is 11.6 Å². The molecule has 0 N–H and O–H groups in total. The minimum atomic E-state index is -0.493. The first-order valence-electron chi connectivity index (χ1n) is 6.14. The van der Waals surface area contributed by atoms with Crippen LogP contribution in [0.5, 0.6) is 0 Å². The molecule has 0 aromatic heterocycles. The van der Waals surface area contributed by atoms with E-state index in [9.17, 15) is 18.4 Å². The Kier molecular flexibility index (Phi) is 4.35. The molecule has 0 bridgehead atoms. The Hall–Kier alpha value is -2.36. The van der Waals surface area contributed by atoms with Crippen molar-refractivity contribution in [2.45, 2.75) is 12.8 Å². The predicted molar refractivity (Wildman–Crippen MR) is 70.7 cm³/mol. The van der Waals surface area contributed by atoms with Crippen LogP contribution in [0.15, 0.2) is 48.5 Å². The lowest BCUT2D eigenvalue weighted by Gasteiger charge is -2.02. The molecule has 0 heterocycles. The number of halogens is 2. The summed E-state index contributed by atoms with van der Waals surface area (Å²) in [6.07, 6.45) is -0.0579. The topological polar surface area (TPSA) is 34.1 Å². The zero-order chi connectivity index (χ0) is 14.5. The van der Waals surface area contributed by atoms with Crippen molar-refractivity contribution in [3.63, 3.8) is 0 Å². The number of rotatable bonds is 5.